The fraction of sp³-hybridized carbons (Fsp3) is 0.333. The minimum Gasteiger partial charge on any atom is -0.376 e. The Morgan fingerprint density at radius 2 is 2.46 bits per heavy atom. The van der Waals surface area contributed by atoms with E-state index >= 15 is 0 Å². The second kappa shape index (κ2) is 3.44. The molecule has 68 valence electrons. The van der Waals surface area contributed by atoms with E-state index in [0.29, 0.717) is 24.1 Å². The maximum absolute atomic E-state index is 10.7. The molecule has 0 radical (unpaired) electrons. The summed E-state index contributed by atoms with van der Waals surface area (Å²) in [6.07, 6.45) is 1.53. The summed E-state index contributed by atoms with van der Waals surface area (Å²) in [6, 6.07) is 1.80. The van der Waals surface area contributed by atoms with Gasteiger partial charge in [-0.3, -0.25) is 4.79 Å². The highest BCUT2D eigenvalue weighted by molar-refractivity contribution is 6.29. The molecule has 1 aromatic heterocycles. The van der Waals surface area contributed by atoms with E-state index in [-0.39, 0.29) is 0 Å². The van der Waals surface area contributed by atoms with E-state index < -0.39 is 0 Å². The van der Waals surface area contributed by atoms with Crippen LogP contribution in [0.4, 0.5) is 0 Å². The summed E-state index contributed by atoms with van der Waals surface area (Å²) in [6.45, 7) is 1.15. The first-order valence-corrected chi connectivity index (χ1v) is 4.40. The number of nitrogens with zero attached hydrogens (tertiary/aromatic N) is 1. The molecule has 1 aliphatic rings. The topological polar surface area (TPSA) is 39.2 Å². The van der Waals surface area contributed by atoms with Gasteiger partial charge in [-0.1, -0.05) is 11.6 Å². The predicted molar refractivity (Wildman–Crippen MR) is 48.0 cm³/mol. The molecule has 0 N–H and O–H groups in total. The average Bonchev–Trinajstić information content (AvgIpc) is 2.16. The van der Waals surface area contributed by atoms with Gasteiger partial charge in [0.2, 0.25) is 0 Å². The van der Waals surface area contributed by atoms with Crippen molar-refractivity contribution in [2.24, 2.45) is 0 Å². The zero-order chi connectivity index (χ0) is 9.26. The molecule has 0 aromatic carbocycles. The Balaban J connectivity index is 2.56. The number of fused-ring (bicyclic) bond motifs is 1. The summed E-state index contributed by atoms with van der Waals surface area (Å²) in [5.74, 6) is 0. The van der Waals surface area contributed by atoms with E-state index in [9.17, 15) is 4.79 Å². The van der Waals surface area contributed by atoms with Crippen LogP contribution >= 0.6 is 11.6 Å². The summed E-state index contributed by atoms with van der Waals surface area (Å²) in [7, 11) is 0. The fourth-order valence-corrected chi connectivity index (χ4v) is 1.68. The number of rotatable bonds is 1. The Kier molecular flexibility index (Phi) is 2.29. The Morgan fingerprint density at radius 3 is 3.23 bits per heavy atom. The molecule has 2 heterocycles. The SMILES string of the molecule is O=Cc1nc(Cl)cc2c1COCC2. The molecule has 0 spiro atoms. The van der Waals surface area contributed by atoms with Gasteiger partial charge in [0, 0.05) is 5.56 Å². The standard InChI is InChI=1S/C9H8ClNO2/c10-9-3-6-1-2-13-5-7(6)8(4-12)11-9/h3-4H,1-2,5H2. The predicted octanol–water partition coefficient (Wildman–Crippen LogP) is 1.62. The van der Waals surface area contributed by atoms with Gasteiger partial charge in [-0.2, -0.15) is 0 Å². The van der Waals surface area contributed by atoms with Crippen LogP contribution in [-0.2, 0) is 17.8 Å². The van der Waals surface area contributed by atoms with Crippen molar-refractivity contribution in [3.05, 3.63) is 28.0 Å². The molecule has 2 rings (SSSR count). The quantitative estimate of drug-likeness (QED) is 0.507. The van der Waals surface area contributed by atoms with Gasteiger partial charge in [-0.15, -0.1) is 0 Å². The van der Waals surface area contributed by atoms with Gasteiger partial charge in [0.25, 0.3) is 0 Å². The second-order valence-corrected chi connectivity index (χ2v) is 3.28. The first-order valence-electron chi connectivity index (χ1n) is 4.02. The highest BCUT2D eigenvalue weighted by Gasteiger charge is 2.15. The number of pyridine rings is 1. The summed E-state index contributed by atoms with van der Waals surface area (Å²) in [4.78, 5) is 14.6. The van der Waals surface area contributed by atoms with Crippen molar-refractivity contribution in [2.45, 2.75) is 13.0 Å². The Bertz CT molecular complexity index is 352. The molecule has 0 unspecified atom stereocenters. The molecule has 0 saturated carbocycles. The molecule has 13 heavy (non-hydrogen) atoms. The van der Waals surface area contributed by atoms with Gasteiger partial charge in [0.1, 0.15) is 10.8 Å². The molecule has 3 nitrogen and oxygen atoms in total. The first kappa shape index (κ1) is 8.66. The van der Waals surface area contributed by atoms with Crippen LogP contribution in [0.1, 0.15) is 21.6 Å². The number of carbonyl (C=O) groups is 1. The minimum atomic E-state index is 0.378. The van der Waals surface area contributed by atoms with Crippen molar-refractivity contribution in [3.8, 4) is 0 Å². The zero-order valence-corrected chi connectivity index (χ0v) is 7.67. The van der Waals surface area contributed by atoms with Crippen LogP contribution in [0, 0.1) is 0 Å². The van der Waals surface area contributed by atoms with E-state index in [1.807, 2.05) is 0 Å². The van der Waals surface area contributed by atoms with Crippen LogP contribution in [0.25, 0.3) is 0 Å². The van der Waals surface area contributed by atoms with Crippen molar-refractivity contribution < 1.29 is 9.53 Å². The number of hydrogen-bond acceptors (Lipinski definition) is 3. The maximum Gasteiger partial charge on any atom is 0.168 e. The fourth-order valence-electron chi connectivity index (χ4n) is 1.45. The number of aldehydes is 1. The van der Waals surface area contributed by atoms with Gasteiger partial charge in [0.15, 0.2) is 6.29 Å². The smallest absolute Gasteiger partial charge is 0.168 e. The number of hydrogen-bond donors (Lipinski definition) is 0. The molecule has 0 bridgehead atoms. The number of ether oxygens (including phenoxy) is 1. The molecule has 4 heteroatoms. The van der Waals surface area contributed by atoms with E-state index in [0.717, 1.165) is 23.8 Å². The Hall–Kier alpha value is -0.930. The third-order valence-corrected chi connectivity index (χ3v) is 2.28. The average molecular weight is 198 g/mol. The van der Waals surface area contributed by atoms with Crippen molar-refractivity contribution in [2.75, 3.05) is 6.61 Å². The minimum absolute atomic E-state index is 0.378. The highest BCUT2D eigenvalue weighted by atomic mass is 35.5. The normalized spacial score (nSPS) is 15.2. The van der Waals surface area contributed by atoms with Crippen LogP contribution in [-0.4, -0.2) is 17.9 Å². The van der Waals surface area contributed by atoms with Crippen molar-refractivity contribution in [3.63, 3.8) is 0 Å². The molecular formula is C9H8ClNO2. The first-order chi connectivity index (χ1) is 6.31. The highest BCUT2D eigenvalue weighted by Crippen LogP contribution is 2.21. The van der Waals surface area contributed by atoms with Crippen LogP contribution in [0.2, 0.25) is 5.15 Å². The van der Waals surface area contributed by atoms with Crippen LogP contribution in [0.5, 0.6) is 0 Å². The van der Waals surface area contributed by atoms with E-state index in [4.69, 9.17) is 16.3 Å². The Labute approximate surface area is 80.7 Å². The van der Waals surface area contributed by atoms with Crippen molar-refractivity contribution in [1.29, 1.82) is 0 Å². The number of halogens is 1. The van der Waals surface area contributed by atoms with E-state index in [2.05, 4.69) is 4.98 Å². The third-order valence-electron chi connectivity index (χ3n) is 2.09. The number of aromatic nitrogens is 1. The lowest BCUT2D eigenvalue weighted by molar-refractivity contribution is 0.104. The largest absolute Gasteiger partial charge is 0.376 e. The van der Waals surface area contributed by atoms with Gasteiger partial charge in [0.05, 0.1) is 13.2 Å². The van der Waals surface area contributed by atoms with Crippen LogP contribution in [0.15, 0.2) is 6.07 Å². The lowest BCUT2D eigenvalue weighted by atomic mass is 10.0. The second-order valence-electron chi connectivity index (χ2n) is 2.89. The van der Waals surface area contributed by atoms with Crippen molar-refractivity contribution in [1.82, 2.24) is 4.98 Å². The Morgan fingerprint density at radius 1 is 1.62 bits per heavy atom. The maximum atomic E-state index is 10.7. The van der Waals surface area contributed by atoms with E-state index in [1.165, 1.54) is 0 Å². The van der Waals surface area contributed by atoms with Gasteiger partial charge in [-0.25, -0.2) is 4.98 Å². The third kappa shape index (κ3) is 1.57. The molecular weight excluding hydrogens is 190 g/mol. The van der Waals surface area contributed by atoms with Gasteiger partial charge >= 0.3 is 0 Å². The monoisotopic (exact) mass is 197 g/mol. The molecule has 0 aliphatic carbocycles. The van der Waals surface area contributed by atoms with E-state index in [1.54, 1.807) is 6.07 Å². The van der Waals surface area contributed by atoms with Crippen LogP contribution in [0.3, 0.4) is 0 Å². The van der Waals surface area contributed by atoms with Gasteiger partial charge in [-0.05, 0) is 18.1 Å². The summed E-state index contributed by atoms with van der Waals surface area (Å²) in [5, 5.41) is 0.378. The molecule has 1 aromatic rings. The molecule has 1 aliphatic heterocycles. The van der Waals surface area contributed by atoms with Gasteiger partial charge < -0.3 is 4.74 Å². The lowest BCUT2D eigenvalue weighted by Gasteiger charge is -2.17. The molecule has 0 amide bonds. The lowest BCUT2D eigenvalue weighted by Crippen LogP contribution is -2.13. The zero-order valence-electron chi connectivity index (χ0n) is 6.92. The molecule has 0 saturated heterocycles. The number of carbonyl (C=O) groups excluding carboxylic acids is 1. The molecule has 0 atom stereocenters. The summed E-state index contributed by atoms with van der Waals surface area (Å²) < 4.78 is 5.24. The summed E-state index contributed by atoms with van der Waals surface area (Å²) in [5.41, 5.74) is 2.36. The van der Waals surface area contributed by atoms with Crippen molar-refractivity contribution >= 4 is 17.9 Å². The molecule has 0 fully saturated rings. The summed E-state index contributed by atoms with van der Waals surface area (Å²) >= 11 is 5.75. The van der Waals surface area contributed by atoms with Crippen LogP contribution < -0.4 is 0 Å².